The highest BCUT2D eigenvalue weighted by molar-refractivity contribution is 5.97. The van der Waals surface area contributed by atoms with Gasteiger partial charge in [0, 0.05) is 45.2 Å². The smallest absolute Gasteiger partial charge is 0.273 e. The summed E-state index contributed by atoms with van der Waals surface area (Å²) in [6.07, 6.45) is -0.0381. The van der Waals surface area contributed by atoms with Crippen LogP contribution in [0.5, 0.6) is 5.75 Å². The summed E-state index contributed by atoms with van der Waals surface area (Å²) >= 11 is 0. The molecule has 1 fully saturated rings. The fraction of sp³-hybridized carbons (Fsp3) is 0.562. The number of piperazine rings is 1. The first-order valence-electron chi connectivity index (χ1n) is 8.27. The van der Waals surface area contributed by atoms with Crippen LogP contribution in [-0.4, -0.2) is 66.0 Å². The number of hydrogen-bond donors (Lipinski definition) is 1. The Bertz CT molecular complexity index is 629. The summed E-state index contributed by atoms with van der Waals surface area (Å²) in [5.74, 6) is 0.174. The average Bonchev–Trinajstić information content (AvgIpc) is 2.60. The number of nitrogens with zero attached hydrogens (tertiary/aromatic N) is 3. The molecule has 1 atom stereocenters. The number of anilines is 1. The Kier molecular flexibility index (Phi) is 4.96. The molecule has 2 aliphatic heterocycles. The Morgan fingerprint density at radius 2 is 2.00 bits per heavy atom. The van der Waals surface area contributed by atoms with E-state index < -0.39 is 11.0 Å². The lowest BCUT2D eigenvalue weighted by atomic mass is 10.1. The highest BCUT2D eigenvalue weighted by Gasteiger charge is 2.29. The maximum absolute atomic E-state index is 12.2. The molecule has 1 aromatic carbocycles. The number of likely N-dealkylation sites (N-methyl/N-ethyl adjacent to an activating group) is 1. The first-order chi connectivity index (χ1) is 11.6. The predicted octanol–water partition coefficient (Wildman–Crippen LogP) is 1.32. The monoisotopic (exact) mass is 334 g/mol. The summed E-state index contributed by atoms with van der Waals surface area (Å²) in [4.78, 5) is 27.3. The van der Waals surface area contributed by atoms with Gasteiger partial charge in [0.25, 0.3) is 11.6 Å². The molecular weight excluding hydrogens is 312 g/mol. The molecule has 1 saturated heterocycles. The Labute approximate surface area is 140 Å². The molecule has 0 spiro atoms. The molecule has 1 amide bonds. The summed E-state index contributed by atoms with van der Waals surface area (Å²) < 4.78 is 5.71. The second kappa shape index (κ2) is 7.14. The zero-order chi connectivity index (χ0) is 17.1. The number of rotatable bonds is 5. The topological polar surface area (TPSA) is 87.9 Å². The standard InChI is InChI=1S/C16H22N4O4/c1-2-18-7-9-19(10-8-18)6-5-14-16(21)17-13-4-3-12(20(22)23)11-15(13)24-14/h3-4,11,14H,2,5-10H2,1H3,(H,17,21)/t14-/m0/s1. The number of benzene rings is 1. The fourth-order valence-electron chi connectivity index (χ4n) is 3.06. The average molecular weight is 334 g/mol. The van der Waals surface area contributed by atoms with Crippen LogP contribution in [0.4, 0.5) is 11.4 Å². The van der Waals surface area contributed by atoms with E-state index in [2.05, 4.69) is 22.0 Å². The van der Waals surface area contributed by atoms with Gasteiger partial charge >= 0.3 is 0 Å². The highest BCUT2D eigenvalue weighted by Crippen LogP contribution is 2.33. The number of carbonyl (C=O) groups is 1. The molecule has 0 radical (unpaired) electrons. The number of non-ortho nitro benzene ring substituents is 1. The van der Waals surface area contributed by atoms with Crippen LogP contribution in [0.2, 0.25) is 0 Å². The number of nitrogens with one attached hydrogen (secondary N) is 1. The maximum Gasteiger partial charge on any atom is 0.273 e. The van der Waals surface area contributed by atoms with Crippen molar-refractivity contribution < 1.29 is 14.5 Å². The van der Waals surface area contributed by atoms with E-state index in [-0.39, 0.29) is 11.6 Å². The minimum atomic E-state index is -0.608. The first-order valence-corrected chi connectivity index (χ1v) is 8.27. The van der Waals surface area contributed by atoms with Crippen molar-refractivity contribution in [1.82, 2.24) is 9.80 Å². The third-order valence-electron chi connectivity index (χ3n) is 4.62. The summed E-state index contributed by atoms with van der Waals surface area (Å²) in [6.45, 7) is 8.07. The van der Waals surface area contributed by atoms with Crippen LogP contribution in [0, 0.1) is 10.1 Å². The molecule has 1 N–H and O–H groups in total. The van der Waals surface area contributed by atoms with Crippen molar-refractivity contribution in [2.24, 2.45) is 0 Å². The van der Waals surface area contributed by atoms with Crippen LogP contribution < -0.4 is 10.1 Å². The number of fused-ring (bicyclic) bond motifs is 1. The molecule has 0 bridgehead atoms. The third kappa shape index (κ3) is 3.65. The van der Waals surface area contributed by atoms with E-state index in [1.54, 1.807) is 0 Å². The summed E-state index contributed by atoms with van der Waals surface area (Å²) in [5.41, 5.74) is 0.442. The Balaban J connectivity index is 1.58. The Morgan fingerprint density at radius 1 is 1.29 bits per heavy atom. The Hall–Kier alpha value is -2.19. The molecule has 0 saturated carbocycles. The SMILES string of the molecule is CCN1CCN(CC[C@@H]2Oc3cc([N+](=O)[O-])ccc3NC2=O)CC1. The molecule has 2 heterocycles. The molecular formula is C16H22N4O4. The van der Waals surface area contributed by atoms with Crippen LogP contribution >= 0.6 is 0 Å². The zero-order valence-corrected chi connectivity index (χ0v) is 13.7. The third-order valence-corrected chi connectivity index (χ3v) is 4.62. The van der Waals surface area contributed by atoms with E-state index >= 15 is 0 Å². The van der Waals surface area contributed by atoms with Crippen LogP contribution in [0.1, 0.15) is 13.3 Å². The van der Waals surface area contributed by atoms with Gasteiger partial charge in [0.1, 0.15) is 0 Å². The molecule has 3 rings (SSSR count). The molecule has 24 heavy (non-hydrogen) atoms. The first kappa shape index (κ1) is 16.7. The van der Waals surface area contributed by atoms with E-state index in [9.17, 15) is 14.9 Å². The van der Waals surface area contributed by atoms with Crippen molar-refractivity contribution in [1.29, 1.82) is 0 Å². The molecule has 2 aliphatic rings. The van der Waals surface area contributed by atoms with Crippen molar-refractivity contribution >= 4 is 17.3 Å². The number of carbonyl (C=O) groups excluding carboxylic acids is 1. The number of hydrogen-bond acceptors (Lipinski definition) is 6. The highest BCUT2D eigenvalue weighted by atomic mass is 16.6. The van der Waals surface area contributed by atoms with E-state index in [1.807, 2.05) is 0 Å². The van der Waals surface area contributed by atoms with E-state index in [4.69, 9.17) is 4.74 Å². The van der Waals surface area contributed by atoms with Gasteiger partial charge in [-0.1, -0.05) is 6.92 Å². The number of ether oxygens (including phenoxy) is 1. The summed E-state index contributed by atoms with van der Waals surface area (Å²) in [6, 6.07) is 4.23. The van der Waals surface area contributed by atoms with Crippen molar-refractivity contribution in [2.75, 3.05) is 44.6 Å². The lowest BCUT2D eigenvalue weighted by Gasteiger charge is -2.35. The van der Waals surface area contributed by atoms with Gasteiger partial charge in [0.05, 0.1) is 16.7 Å². The maximum atomic E-state index is 12.2. The largest absolute Gasteiger partial charge is 0.478 e. The van der Waals surface area contributed by atoms with Gasteiger partial charge in [-0.05, 0) is 12.6 Å². The van der Waals surface area contributed by atoms with Gasteiger partial charge in [-0.2, -0.15) is 0 Å². The lowest BCUT2D eigenvalue weighted by Crippen LogP contribution is -2.48. The molecule has 130 valence electrons. The zero-order valence-electron chi connectivity index (χ0n) is 13.7. The van der Waals surface area contributed by atoms with E-state index in [1.165, 1.54) is 18.2 Å². The van der Waals surface area contributed by atoms with Gasteiger partial charge in [0.15, 0.2) is 11.9 Å². The second-order valence-electron chi connectivity index (χ2n) is 6.10. The van der Waals surface area contributed by atoms with Crippen molar-refractivity contribution in [3.05, 3.63) is 28.3 Å². The molecule has 8 heteroatoms. The van der Waals surface area contributed by atoms with Crippen molar-refractivity contribution in [3.63, 3.8) is 0 Å². The molecule has 1 aromatic rings. The number of nitro groups is 1. The normalized spacial score (nSPS) is 21.7. The number of nitro benzene ring substituents is 1. The van der Waals surface area contributed by atoms with Gasteiger partial charge in [0.2, 0.25) is 0 Å². The minimum absolute atomic E-state index is 0.0423. The molecule has 0 unspecified atom stereocenters. The minimum Gasteiger partial charge on any atom is -0.478 e. The molecule has 0 aromatic heterocycles. The van der Waals surface area contributed by atoms with Crippen LogP contribution in [0.25, 0.3) is 0 Å². The number of amides is 1. The van der Waals surface area contributed by atoms with Gasteiger partial charge < -0.3 is 19.9 Å². The molecule has 8 nitrogen and oxygen atoms in total. The summed E-state index contributed by atoms with van der Waals surface area (Å²) in [5, 5.41) is 13.6. The van der Waals surface area contributed by atoms with Crippen molar-refractivity contribution in [3.8, 4) is 5.75 Å². The predicted molar refractivity (Wildman–Crippen MR) is 89.3 cm³/mol. The molecule has 0 aliphatic carbocycles. The van der Waals surface area contributed by atoms with E-state index in [0.717, 1.165) is 39.3 Å². The van der Waals surface area contributed by atoms with Gasteiger partial charge in [-0.3, -0.25) is 14.9 Å². The lowest BCUT2D eigenvalue weighted by molar-refractivity contribution is -0.384. The van der Waals surface area contributed by atoms with Gasteiger partial charge in [-0.25, -0.2) is 0 Å². The van der Waals surface area contributed by atoms with E-state index in [0.29, 0.717) is 17.9 Å². The van der Waals surface area contributed by atoms with Crippen molar-refractivity contribution in [2.45, 2.75) is 19.4 Å². The van der Waals surface area contributed by atoms with Crippen LogP contribution in [-0.2, 0) is 4.79 Å². The summed E-state index contributed by atoms with van der Waals surface area (Å²) in [7, 11) is 0. The van der Waals surface area contributed by atoms with Gasteiger partial charge in [-0.15, -0.1) is 0 Å². The quantitative estimate of drug-likeness (QED) is 0.645. The Morgan fingerprint density at radius 3 is 2.67 bits per heavy atom. The van der Waals surface area contributed by atoms with Crippen LogP contribution in [0.15, 0.2) is 18.2 Å². The second-order valence-corrected chi connectivity index (χ2v) is 6.10. The fourth-order valence-corrected chi connectivity index (χ4v) is 3.06. The van der Waals surface area contributed by atoms with Crippen LogP contribution in [0.3, 0.4) is 0 Å².